The first-order chi connectivity index (χ1) is 10.3. The number of halogens is 1. The number of aliphatic hydroxyl groups excluding tert-OH is 1. The lowest BCUT2D eigenvalue weighted by atomic mass is 10.1. The Morgan fingerprint density at radius 3 is 2.76 bits per heavy atom. The van der Waals surface area contributed by atoms with Crippen LogP contribution in [0.25, 0.3) is 22.3 Å². The highest BCUT2D eigenvalue weighted by Crippen LogP contribution is 2.30. The summed E-state index contributed by atoms with van der Waals surface area (Å²) in [7, 11) is 0. The fraction of sp³-hybridized carbons (Fsp3) is 0.188. The number of hydrogen-bond donors (Lipinski definition) is 2. The molecular weight excluding hydrogens is 271 g/mol. The van der Waals surface area contributed by atoms with Crippen molar-refractivity contribution in [3.63, 3.8) is 0 Å². The summed E-state index contributed by atoms with van der Waals surface area (Å²) in [5, 5.41) is 12.2. The van der Waals surface area contributed by atoms with Crippen molar-refractivity contribution in [1.82, 2.24) is 10.3 Å². The van der Waals surface area contributed by atoms with Crippen molar-refractivity contribution in [3.05, 3.63) is 54.1 Å². The topological polar surface area (TPSA) is 58.3 Å². The lowest BCUT2D eigenvalue weighted by molar-refractivity contribution is 0.292. The summed E-state index contributed by atoms with van der Waals surface area (Å²) in [6.07, 6.45) is 3.34. The van der Waals surface area contributed by atoms with E-state index in [4.69, 9.17) is 9.52 Å². The number of hydrogen-bond acceptors (Lipinski definition) is 4. The first kappa shape index (κ1) is 13.7. The van der Waals surface area contributed by atoms with Gasteiger partial charge >= 0.3 is 0 Å². The van der Waals surface area contributed by atoms with Crippen LogP contribution in [0.15, 0.2) is 47.1 Å². The van der Waals surface area contributed by atoms with Gasteiger partial charge in [-0.25, -0.2) is 4.39 Å². The summed E-state index contributed by atoms with van der Waals surface area (Å²) in [4.78, 5) is 3.95. The molecule has 3 aromatic rings. The molecule has 0 aliphatic heterocycles. The van der Waals surface area contributed by atoms with Crippen LogP contribution in [0.3, 0.4) is 0 Å². The molecule has 5 heteroatoms. The Morgan fingerprint density at radius 2 is 2.00 bits per heavy atom. The molecule has 0 atom stereocenters. The molecule has 0 bridgehead atoms. The SMILES string of the molecule is OCCNCc1cc(F)c2cc(-c3ccncc3)oc2c1. The van der Waals surface area contributed by atoms with Gasteiger partial charge in [0.1, 0.15) is 17.2 Å². The van der Waals surface area contributed by atoms with E-state index in [-0.39, 0.29) is 12.4 Å². The molecule has 0 saturated heterocycles. The molecule has 4 nitrogen and oxygen atoms in total. The van der Waals surface area contributed by atoms with Crippen molar-refractivity contribution >= 4 is 11.0 Å². The van der Waals surface area contributed by atoms with Gasteiger partial charge in [-0.05, 0) is 35.9 Å². The molecule has 108 valence electrons. The molecule has 0 amide bonds. The number of nitrogens with zero attached hydrogens (tertiary/aromatic N) is 1. The van der Waals surface area contributed by atoms with Crippen molar-refractivity contribution in [2.45, 2.75) is 6.54 Å². The molecule has 2 N–H and O–H groups in total. The lowest BCUT2D eigenvalue weighted by Crippen LogP contribution is -2.17. The minimum Gasteiger partial charge on any atom is -0.456 e. The minimum atomic E-state index is -0.308. The zero-order valence-electron chi connectivity index (χ0n) is 11.3. The molecule has 0 spiro atoms. The average molecular weight is 286 g/mol. The largest absolute Gasteiger partial charge is 0.456 e. The molecule has 1 aromatic carbocycles. The third-order valence-electron chi connectivity index (χ3n) is 3.23. The Bertz CT molecular complexity index is 741. The van der Waals surface area contributed by atoms with Gasteiger partial charge in [0.25, 0.3) is 0 Å². The number of nitrogens with one attached hydrogen (secondary N) is 1. The van der Waals surface area contributed by atoms with Crippen molar-refractivity contribution in [2.24, 2.45) is 0 Å². The Labute approximate surface area is 121 Å². The van der Waals surface area contributed by atoms with Gasteiger partial charge in [0.2, 0.25) is 0 Å². The van der Waals surface area contributed by atoms with Crippen LogP contribution < -0.4 is 5.32 Å². The maximum absolute atomic E-state index is 14.1. The molecule has 0 fully saturated rings. The van der Waals surface area contributed by atoms with Crippen LogP contribution in [-0.2, 0) is 6.54 Å². The molecule has 2 heterocycles. The second-order valence-electron chi connectivity index (χ2n) is 4.74. The highest BCUT2D eigenvalue weighted by atomic mass is 19.1. The third kappa shape index (κ3) is 2.94. The van der Waals surface area contributed by atoms with Gasteiger partial charge in [-0.3, -0.25) is 4.98 Å². The molecule has 0 unspecified atom stereocenters. The predicted molar refractivity (Wildman–Crippen MR) is 78.2 cm³/mol. The molecule has 0 saturated carbocycles. The van der Waals surface area contributed by atoms with Crippen LogP contribution >= 0.6 is 0 Å². The first-order valence-electron chi connectivity index (χ1n) is 6.72. The van der Waals surface area contributed by atoms with Gasteiger partial charge in [-0.2, -0.15) is 0 Å². The van der Waals surface area contributed by atoms with Gasteiger partial charge in [-0.15, -0.1) is 0 Å². The molecule has 0 aliphatic rings. The Morgan fingerprint density at radius 1 is 1.19 bits per heavy atom. The molecule has 0 aliphatic carbocycles. The van der Waals surface area contributed by atoms with Crippen molar-refractivity contribution in [3.8, 4) is 11.3 Å². The van der Waals surface area contributed by atoms with E-state index in [0.717, 1.165) is 11.1 Å². The van der Waals surface area contributed by atoms with E-state index in [2.05, 4.69) is 10.3 Å². The third-order valence-corrected chi connectivity index (χ3v) is 3.23. The normalized spacial score (nSPS) is 11.1. The van der Waals surface area contributed by atoms with E-state index in [1.807, 2.05) is 18.2 Å². The summed E-state index contributed by atoms with van der Waals surface area (Å²) in [6, 6.07) is 8.63. The van der Waals surface area contributed by atoms with E-state index in [1.54, 1.807) is 18.5 Å². The van der Waals surface area contributed by atoms with Crippen LogP contribution in [-0.4, -0.2) is 23.2 Å². The highest BCUT2D eigenvalue weighted by Gasteiger charge is 2.11. The zero-order chi connectivity index (χ0) is 14.7. The fourth-order valence-corrected chi connectivity index (χ4v) is 2.22. The van der Waals surface area contributed by atoms with Gasteiger partial charge in [0, 0.05) is 31.0 Å². The number of fused-ring (bicyclic) bond motifs is 1. The monoisotopic (exact) mass is 286 g/mol. The van der Waals surface area contributed by atoms with E-state index in [1.165, 1.54) is 6.07 Å². The predicted octanol–water partition coefficient (Wildman–Crippen LogP) is 2.72. The molecule has 2 aromatic heterocycles. The van der Waals surface area contributed by atoms with Gasteiger partial charge in [0.05, 0.1) is 12.0 Å². The number of furan rings is 1. The number of benzene rings is 1. The van der Waals surface area contributed by atoms with E-state index in [0.29, 0.717) is 29.8 Å². The average Bonchev–Trinajstić information content (AvgIpc) is 2.93. The van der Waals surface area contributed by atoms with Crippen molar-refractivity contribution < 1.29 is 13.9 Å². The maximum Gasteiger partial charge on any atom is 0.138 e. The van der Waals surface area contributed by atoms with Gasteiger partial charge < -0.3 is 14.8 Å². The summed E-state index contributed by atoms with van der Waals surface area (Å²) >= 11 is 0. The van der Waals surface area contributed by atoms with E-state index >= 15 is 0 Å². The van der Waals surface area contributed by atoms with E-state index in [9.17, 15) is 4.39 Å². The van der Waals surface area contributed by atoms with Gasteiger partial charge in [-0.1, -0.05) is 0 Å². The van der Waals surface area contributed by atoms with Crippen LogP contribution in [0, 0.1) is 5.82 Å². The van der Waals surface area contributed by atoms with Crippen molar-refractivity contribution in [2.75, 3.05) is 13.2 Å². The standard InChI is InChI=1S/C16H15FN2O2/c17-14-7-11(10-19-5-6-20)8-16-13(14)9-15(21-16)12-1-3-18-4-2-12/h1-4,7-9,19-20H,5-6,10H2. The zero-order valence-corrected chi connectivity index (χ0v) is 11.3. The number of rotatable bonds is 5. The second-order valence-corrected chi connectivity index (χ2v) is 4.74. The molecular formula is C16H15FN2O2. The Balaban J connectivity index is 1.95. The number of pyridine rings is 1. The summed E-state index contributed by atoms with van der Waals surface area (Å²) in [5.41, 5.74) is 2.16. The quantitative estimate of drug-likeness (QED) is 0.708. The number of aromatic nitrogens is 1. The highest BCUT2D eigenvalue weighted by molar-refractivity contribution is 5.83. The van der Waals surface area contributed by atoms with Crippen LogP contribution in [0.1, 0.15) is 5.56 Å². The first-order valence-corrected chi connectivity index (χ1v) is 6.72. The second kappa shape index (κ2) is 6.03. The lowest BCUT2D eigenvalue weighted by Gasteiger charge is -2.03. The molecule has 21 heavy (non-hydrogen) atoms. The summed E-state index contributed by atoms with van der Waals surface area (Å²) in [5.74, 6) is 0.309. The minimum absolute atomic E-state index is 0.0532. The van der Waals surface area contributed by atoms with Gasteiger partial charge in [0.15, 0.2) is 0 Å². The fourth-order valence-electron chi connectivity index (χ4n) is 2.22. The molecule has 0 radical (unpaired) electrons. The Hall–Kier alpha value is -2.24. The summed E-state index contributed by atoms with van der Waals surface area (Å²) in [6.45, 7) is 1.01. The van der Waals surface area contributed by atoms with Crippen LogP contribution in [0.2, 0.25) is 0 Å². The number of aliphatic hydroxyl groups is 1. The Kier molecular flexibility index (Phi) is 3.94. The van der Waals surface area contributed by atoms with Crippen LogP contribution in [0.5, 0.6) is 0 Å². The van der Waals surface area contributed by atoms with Crippen molar-refractivity contribution in [1.29, 1.82) is 0 Å². The summed E-state index contributed by atoms with van der Waals surface area (Å²) < 4.78 is 19.9. The van der Waals surface area contributed by atoms with Crippen LogP contribution in [0.4, 0.5) is 4.39 Å². The maximum atomic E-state index is 14.1. The smallest absolute Gasteiger partial charge is 0.138 e. The molecule has 3 rings (SSSR count). The van der Waals surface area contributed by atoms with E-state index < -0.39 is 0 Å².